The molecular weight excluding hydrogens is 353 g/mol. The van der Waals surface area contributed by atoms with Crippen molar-refractivity contribution in [2.45, 2.75) is 25.2 Å². The Labute approximate surface area is 153 Å². The summed E-state index contributed by atoms with van der Waals surface area (Å²) in [7, 11) is -3.49. The average molecular weight is 377 g/mol. The summed E-state index contributed by atoms with van der Waals surface area (Å²) in [5.74, 6) is -0.999. The topological polar surface area (TPSA) is 107 Å². The van der Waals surface area contributed by atoms with Crippen molar-refractivity contribution in [1.29, 1.82) is 0 Å². The fraction of sp³-hybridized carbons (Fsp3) is 0.316. The van der Waals surface area contributed by atoms with Crippen LogP contribution in [0.1, 0.15) is 34.5 Å². The zero-order valence-corrected chi connectivity index (χ0v) is 15.5. The average Bonchev–Trinajstić information content (AvgIpc) is 2.59. The van der Waals surface area contributed by atoms with E-state index in [4.69, 9.17) is 5.11 Å². The van der Waals surface area contributed by atoms with Gasteiger partial charge in [0.1, 0.15) is 0 Å². The molecule has 0 aliphatic rings. The fourth-order valence-corrected chi connectivity index (χ4v) is 4.40. The van der Waals surface area contributed by atoms with Gasteiger partial charge in [-0.1, -0.05) is 42.5 Å². The lowest BCUT2D eigenvalue weighted by Crippen LogP contribution is -2.31. The molecule has 0 amide bonds. The van der Waals surface area contributed by atoms with E-state index in [-0.39, 0.29) is 30.5 Å². The molecule has 4 N–H and O–H groups in total. The summed E-state index contributed by atoms with van der Waals surface area (Å²) in [6.07, 6.45) is -1.14. The molecule has 2 rings (SSSR count). The second-order valence-electron chi connectivity index (χ2n) is 6.39. The number of nitrogens with one attached hydrogen (secondary N) is 1. The fourth-order valence-electron chi connectivity index (χ4n) is 2.70. The Morgan fingerprint density at radius 2 is 1.85 bits per heavy atom. The van der Waals surface area contributed by atoms with E-state index in [0.29, 0.717) is 0 Å². The molecule has 2 aromatic rings. The van der Waals surface area contributed by atoms with Crippen LogP contribution in [0.2, 0.25) is 0 Å². The van der Waals surface area contributed by atoms with Crippen LogP contribution in [0.25, 0.3) is 0 Å². The number of hydrogen-bond acceptors (Lipinski definition) is 4. The Hall–Kier alpha value is -1.98. The Morgan fingerprint density at radius 3 is 2.50 bits per heavy atom. The second-order valence-corrected chi connectivity index (χ2v) is 8.76. The van der Waals surface area contributed by atoms with Gasteiger partial charge in [-0.3, -0.25) is 4.57 Å². The van der Waals surface area contributed by atoms with Gasteiger partial charge in [-0.2, -0.15) is 0 Å². The first-order chi connectivity index (χ1) is 12.3. The quantitative estimate of drug-likeness (QED) is 0.501. The number of rotatable bonds is 9. The van der Waals surface area contributed by atoms with E-state index in [9.17, 15) is 19.4 Å². The number of hydrogen-bond donors (Lipinski definition) is 4. The van der Waals surface area contributed by atoms with Gasteiger partial charge in [0, 0.05) is 18.7 Å². The maximum Gasteiger partial charge on any atom is 0.335 e. The van der Waals surface area contributed by atoms with E-state index >= 15 is 0 Å². The molecule has 0 saturated carbocycles. The highest BCUT2D eigenvalue weighted by Crippen LogP contribution is 2.44. The largest absolute Gasteiger partial charge is 0.478 e. The maximum absolute atomic E-state index is 12.3. The monoisotopic (exact) mass is 377 g/mol. The highest BCUT2D eigenvalue weighted by molar-refractivity contribution is 7.57. The van der Waals surface area contributed by atoms with Crippen molar-refractivity contribution in [1.82, 2.24) is 5.32 Å². The number of carboxylic acids is 1. The van der Waals surface area contributed by atoms with Crippen molar-refractivity contribution in [3.8, 4) is 0 Å². The molecular formula is C19H24NO5P. The van der Waals surface area contributed by atoms with Crippen LogP contribution in [0.15, 0.2) is 54.6 Å². The molecule has 0 bridgehead atoms. The standard InChI is InChI=1S/C19H24NO5P/c1-14(16-8-5-9-17(10-16)19(22)23)20-11-18(21)13-26(24,25)12-15-6-3-2-4-7-15/h2-10,14,18,20-21H,11-13H2,1H3,(H,22,23)(H,24,25)/t14?,18-/m0/s1. The first-order valence-corrected chi connectivity index (χ1v) is 10.4. The van der Waals surface area contributed by atoms with Gasteiger partial charge in [0.25, 0.3) is 0 Å². The predicted octanol–water partition coefficient (Wildman–Crippen LogP) is 2.87. The Balaban J connectivity index is 1.87. The lowest BCUT2D eigenvalue weighted by Gasteiger charge is -2.20. The third-order valence-electron chi connectivity index (χ3n) is 4.06. The van der Waals surface area contributed by atoms with Crippen LogP contribution in [0.3, 0.4) is 0 Å². The molecule has 26 heavy (non-hydrogen) atoms. The lowest BCUT2D eigenvalue weighted by molar-refractivity contribution is 0.0696. The van der Waals surface area contributed by atoms with E-state index in [1.807, 2.05) is 13.0 Å². The first kappa shape index (κ1) is 20.3. The molecule has 0 radical (unpaired) electrons. The van der Waals surface area contributed by atoms with Crippen molar-refractivity contribution in [2.75, 3.05) is 12.7 Å². The van der Waals surface area contributed by atoms with Crippen LogP contribution in [0, 0.1) is 0 Å². The summed E-state index contributed by atoms with van der Waals surface area (Å²) in [5, 5.41) is 22.2. The summed E-state index contributed by atoms with van der Waals surface area (Å²) < 4.78 is 12.3. The Kier molecular flexibility index (Phi) is 7.12. The molecule has 2 aromatic carbocycles. The van der Waals surface area contributed by atoms with E-state index in [1.54, 1.807) is 42.5 Å². The van der Waals surface area contributed by atoms with Crippen LogP contribution < -0.4 is 5.32 Å². The van der Waals surface area contributed by atoms with Gasteiger partial charge >= 0.3 is 5.97 Å². The smallest absolute Gasteiger partial charge is 0.335 e. The molecule has 2 unspecified atom stereocenters. The van der Waals surface area contributed by atoms with Gasteiger partial charge in [-0.25, -0.2) is 4.79 Å². The normalized spacial score (nSPS) is 15.8. The SMILES string of the molecule is CC(NC[C@H](O)CP(=O)(O)Cc1ccccc1)c1cccc(C(=O)O)c1. The molecule has 7 heteroatoms. The molecule has 140 valence electrons. The Morgan fingerprint density at radius 1 is 1.15 bits per heavy atom. The van der Waals surface area contributed by atoms with E-state index in [0.717, 1.165) is 11.1 Å². The predicted molar refractivity (Wildman–Crippen MR) is 101 cm³/mol. The maximum atomic E-state index is 12.3. The van der Waals surface area contributed by atoms with Crippen molar-refractivity contribution in [3.05, 3.63) is 71.3 Å². The third kappa shape index (κ3) is 6.39. The zero-order valence-electron chi connectivity index (χ0n) is 14.6. The van der Waals surface area contributed by atoms with Crippen LogP contribution in [0.5, 0.6) is 0 Å². The molecule has 0 spiro atoms. The lowest BCUT2D eigenvalue weighted by atomic mass is 10.1. The second kappa shape index (κ2) is 9.10. The number of carboxylic acid groups (broad SMARTS) is 1. The molecule has 3 atom stereocenters. The Bertz CT molecular complexity index is 781. The first-order valence-electron chi connectivity index (χ1n) is 8.36. The van der Waals surface area contributed by atoms with Gasteiger partial charge in [0.15, 0.2) is 0 Å². The summed E-state index contributed by atoms with van der Waals surface area (Å²) in [6.45, 7) is 1.98. The minimum Gasteiger partial charge on any atom is -0.478 e. The van der Waals surface area contributed by atoms with Gasteiger partial charge in [0.05, 0.1) is 17.8 Å². The number of aliphatic hydroxyl groups excluding tert-OH is 1. The van der Waals surface area contributed by atoms with E-state index in [1.165, 1.54) is 6.07 Å². The van der Waals surface area contributed by atoms with Crippen LogP contribution in [0.4, 0.5) is 0 Å². The van der Waals surface area contributed by atoms with Gasteiger partial charge in [-0.15, -0.1) is 0 Å². The van der Waals surface area contributed by atoms with Crippen molar-refractivity contribution in [2.24, 2.45) is 0 Å². The van der Waals surface area contributed by atoms with Gasteiger partial charge < -0.3 is 20.4 Å². The molecule has 0 heterocycles. The van der Waals surface area contributed by atoms with Gasteiger partial charge in [0.2, 0.25) is 7.37 Å². The van der Waals surface area contributed by atoms with Crippen molar-refractivity contribution < 1.29 is 24.5 Å². The minimum absolute atomic E-state index is 0.0289. The van der Waals surface area contributed by atoms with Crippen LogP contribution in [-0.2, 0) is 10.7 Å². The molecule has 0 aliphatic heterocycles. The summed E-state index contributed by atoms with van der Waals surface area (Å²) >= 11 is 0. The zero-order chi connectivity index (χ0) is 19.2. The molecule has 0 fully saturated rings. The van der Waals surface area contributed by atoms with Gasteiger partial charge in [-0.05, 0) is 30.2 Å². The van der Waals surface area contributed by atoms with Crippen LogP contribution >= 0.6 is 7.37 Å². The molecule has 0 aliphatic carbocycles. The summed E-state index contributed by atoms with van der Waals surface area (Å²) in [5.41, 5.74) is 1.73. The highest BCUT2D eigenvalue weighted by Gasteiger charge is 2.23. The van der Waals surface area contributed by atoms with Crippen molar-refractivity contribution in [3.63, 3.8) is 0 Å². The van der Waals surface area contributed by atoms with Crippen LogP contribution in [-0.4, -0.2) is 39.9 Å². The van der Waals surface area contributed by atoms with E-state index in [2.05, 4.69) is 5.32 Å². The molecule has 0 aromatic heterocycles. The molecule has 6 nitrogen and oxygen atoms in total. The number of aliphatic hydroxyl groups is 1. The number of benzene rings is 2. The minimum atomic E-state index is -3.49. The molecule has 0 saturated heterocycles. The number of carbonyl (C=O) groups is 1. The summed E-state index contributed by atoms with van der Waals surface area (Å²) in [4.78, 5) is 21.1. The third-order valence-corrected chi connectivity index (χ3v) is 5.91. The highest BCUT2D eigenvalue weighted by atomic mass is 31.2. The summed E-state index contributed by atoms with van der Waals surface area (Å²) in [6, 6.07) is 15.4. The van der Waals surface area contributed by atoms with Crippen molar-refractivity contribution >= 4 is 13.3 Å². The van der Waals surface area contributed by atoms with E-state index < -0.39 is 19.4 Å². The number of aromatic carboxylic acids is 1.